The van der Waals surface area contributed by atoms with Gasteiger partial charge >= 0.3 is 0 Å². The van der Waals surface area contributed by atoms with Crippen LogP contribution in [0, 0.1) is 20.8 Å². The van der Waals surface area contributed by atoms with Crippen molar-refractivity contribution in [1.29, 1.82) is 0 Å². The monoisotopic (exact) mass is 581 g/mol. The van der Waals surface area contributed by atoms with E-state index in [0.717, 1.165) is 47.9 Å². The summed E-state index contributed by atoms with van der Waals surface area (Å²) in [5.41, 5.74) is 3.75. The molecule has 0 unspecified atom stereocenters. The molecule has 3 aromatic carbocycles. The molecule has 0 aromatic heterocycles. The van der Waals surface area contributed by atoms with Gasteiger partial charge in [-0.2, -0.15) is 8.42 Å². The van der Waals surface area contributed by atoms with E-state index in [-0.39, 0.29) is 17.3 Å². The summed E-state index contributed by atoms with van der Waals surface area (Å²) in [7, 11) is -6.08. The van der Waals surface area contributed by atoms with Gasteiger partial charge in [0.25, 0.3) is 10.1 Å². The Morgan fingerprint density at radius 1 is 0.900 bits per heavy atom. The Morgan fingerprint density at radius 2 is 1.45 bits per heavy atom. The van der Waals surface area contributed by atoms with E-state index in [2.05, 4.69) is 4.90 Å². The number of aryl methyl sites for hydroxylation is 2. The van der Waals surface area contributed by atoms with Crippen molar-refractivity contribution in [2.24, 2.45) is 0 Å². The zero-order valence-electron chi connectivity index (χ0n) is 23.9. The van der Waals surface area contributed by atoms with E-state index in [1.807, 2.05) is 63.2 Å². The first-order chi connectivity index (χ1) is 19.1. The number of carbonyl (C=O) groups is 1. The zero-order valence-corrected chi connectivity index (χ0v) is 25.6. The van der Waals surface area contributed by atoms with Crippen molar-refractivity contribution in [3.8, 4) is 0 Å². The average molecular weight is 582 g/mol. The molecule has 4 rings (SSSR count). The van der Waals surface area contributed by atoms with E-state index < -0.39 is 17.3 Å². The van der Waals surface area contributed by atoms with Gasteiger partial charge in [0, 0.05) is 35.3 Å². The van der Waals surface area contributed by atoms with Crippen molar-refractivity contribution in [3.05, 3.63) is 94.5 Å². The molecule has 1 saturated carbocycles. The van der Waals surface area contributed by atoms with Gasteiger partial charge in [0.05, 0.1) is 12.9 Å². The molecule has 0 aliphatic heterocycles. The molecule has 6 nitrogen and oxygen atoms in total. The molecule has 3 aromatic rings. The maximum Gasteiger partial charge on any atom is 0.268 e. The van der Waals surface area contributed by atoms with E-state index in [9.17, 15) is 17.8 Å². The van der Waals surface area contributed by atoms with Crippen molar-refractivity contribution in [1.82, 2.24) is 4.90 Å². The van der Waals surface area contributed by atoms with Gasteiger partial charge in [-0.25, -0.2) is 0 Å². The lowest BCUT2D eigenvalue weighted by Gasteiger charge is -2.35. The number of hydrogen-bond acceptors (Lipinski definition) is 6. The van der Waals surface area contributed by atoms with Crippen LogP contribution >= 0.6 is 7.14 Å². The molecule has 1 aliphatic rings. The van der Waals surface area contributed by atoms with E-state index >= 15 is 0 Å². The highest BCUT2D eigenvalue weighted by atomic mass is 32.2. The van der Waals surface area contributed by atoms with Crippen LogP contribution < -0.4 is 10.6 Å². The van der Waals surface area contributed by atoms with Gasteiger partial charge in [-0.3, -0.25) is 13.9 Å². The lowest BCUT2D eigenvalue weighted by Crippen LogP contribution is -2.40. The number of hydrogen-bond donors (Lipinski definition) is 0. The second-order valence-electron chi connectivity index (χ2n) is 10.8. The quantitative estimate of drug-likeness (QED) is 0.208. The molecule has 1 fully saturated rings. The van der Waals surface area contributed by atoms with Crippen molar-refractivity contribution in [2.45, 2.75) is 65.5 Å². The van der Waals surface area contributed by atoms with Crippen LogP contribution in [0.15, 0.2) is 66.7 Å². The molecule has 0 saturated heterocycles. The molecule has 0 heterocycles. The summed E-state index contributed by atoms with van der Waals surface area (Å²) in [5.74, 6) is -0.0903. The minimum Gasteiger partial charge on any atom is -0.305 e. The van der Waals surface area contributed by atoms with Crippen molar-refractivity contribution in [2.75, 3.05) is 19.4 Å². The summed E-state index contributed by atoms with van der Waals surface area (Å²) in [4.78, 5) is 16.7. The number of carbonyl (C=O) groups excluding carboxylic acids is 1. The van der Waals surface area contributed by atoms with Gasteiger partial charge in [-0.15, -0.1) is 0 Å². The first-order valence-corrected chi connectivity index (χ1v) is 17.2. The van der Waals surface area contributed by atoms with Gasteiger partial charge in [0.2, 0.25) is 12.7 Å². The Labute approximate surface area is 239 Å². The third-order valence-corrected chi connectivity index (χ3v) is 12.2. The maximum absolute atomic E-state index is 14.9. The summed E-state index contributed by atoms with van der Waals surface area (Å²) < 4.78 is 44.1. The molecule has 0 amide bonds. The lowest BCUT2D eigenvalue weighted by molar-refractivity contribution is 0.107. The number of rotatable bonds is 11. The van der Waals surface area contributed by atoms with Crippen molar-refractivity contribution < 1.29 is 22.0 Å². The maximum atomic E-state index is 14.9. The van der Waals surface area contributed by atoms with E-state index in [4.69, 9.17) is 4.18 Å². The predicted molar refractivity (Wildman–Crippen MR) is 163 cm³/mol. The SMILES string of the molecule is COS(=O)(=O)CCN(Cc1c(C)cc(C)c(C(=O)P(=O)(c2ccccc2)c2ccccc2)c1C)C1CCCCC1. The van der Waals surface area contributed by atoms with Crippen LogP contribution in [0.4, 0.5) is 0 Å². The molecule has 0 bridgehead atoms. The van der Waals surface area contributed by atoms with Gasteiger partial charge in [0.15, 0.2) is 0 Å². The standard InChI is InChI=1S/C32H40NO5PS/c1-24-22-25(2)31(32(34)39(35,28-16-10-6-11-17-28)29-18-12-7-13-19-29)26(3)30(24)23-33(20-21-40(36,37)38-4)27-14-8-5-9-15-27/h6-7,10-13,16-19,22,27H,5,8-9,14-15,20-21,23H2,1-4H3. The van der Waals surface area contributed by atoms with Gasteiger partial charge in [0.1, 0.15) is 0 Å². The molecule has 0 N–H and O–H groups in total. The van der Waals surface area contributed by atoms with Crippen LogP contribution in [-0.4, -0.2) is 44.3 Å². The molecule has 0 spiro atoms. The van der Waals surface area contributed by atoms with Crippen LogP contribution in [0.3, 0.4) is 0 Å². The number of nitrogens with zero attached hydrogens (tertiary/aromatic N) is 1. The van der Waals surface area contributed by atoms with Crippen molar-refractivity contribution in [3.63, 3.8) is 0 Å². The van der Waals surface area contributed by atoms with Gasteiger partial charge in [-0.1, -0.05) is 86.0 Å². The first kappa shape index (κ1) is 30.4. The van der Waals surface area contributed by atoms with Crippen LogP contribution in [0.2, 0.25) is 0 Å². The Hall–Kier alpha value is -2.57. The Kier molecular flexibility index (Phi) is 9.84. The minimum absolute atomic E-state index is 0.0903. The third kappa shape index (κ3) is 6.49. The minimum atomic E-state index is -3.67. The summed E-state index contributed by atoms with van der Waals surface area (Å²) in [5, 5.41) is 1.03. The Balaban J connectivity index is 1.79. The fraction of sp³-hybridized carbons (Fsp3) is 0.406. The van der Waals surface area contributed by atoms with Crippen molar-refractivity contribution >= 4 is 33.4 Å². The van der Waals surface area contributed by atoms with Crippen LogP contribution in [0.25, 0.3) is 0 Å². The van der Waals surface area contributed by atoms with Gasteiger partial charge < -0.3 is 4.57 Å². The fourth-order valence-electron chi connectivity index (χ4n) is 5.97. The molecule has 0 radical (unpaired) electrons. The van der Waals surface area contributed by atoms with Crippen LogP contribution in [0.5, 0.6) is 0 Å². The Morgan fingerprint density at radius 3 is 1.98 bits per heavy atom. The molecular formula is C32H40NO5PS. The van der Waals surface area contributed by atoms with Gasteiger partial charge in [-0.05, 0) is 55.9 Å². The summed E-state index contributed by atoms with van der Waals surface area (Å²) in [6.07, 6.45) is 5.45. The molecule has 40 heavy (non-hydrogen) atoms. The topological polar surface area (TPSA) is 80.8 Å². The molecule has 0 atom stereocenters. The number of benzene rings is 3. The predicted octanol–water partition coefficient (Wildman–Crippen LogP) is 5.88. The van der Waals surface area contributed by atoms with Crippen LogP contribution in [0.1, 0.15) is 64.7 Å². The fourth-order valence-corrected chi connectivity index (χ4v) is 9.20. The van der Waals surface area contributed by atoms with E-state index in [1.54, 1.807) is 24.3 Å². The van der Waals surface area contributed by atoms with E-state index in [0.29, 0.717) is 29.3 Å². The van der Waals surface area contributed by atoms with E-state index in [1.165, 1.54) is 13.5 Å². The summed E-state index contributed by atoms with van der Waals surface area (Å²) >= 11 is 0. The largest absolute Gasteiger partial charge is 0.305 e. The highest BCUT2D eigenvalue weighted by Crippen LogP contribution is 2.48. The first-order valence-electron chi connectivity index (χ1n) is 14.0. The third-order valence-electron chi connectivity index (χ3n) is 8.21. The second-order valence-corrected chi connectivity index (χ2v) is 15.3. The molecule has 214 valence electrons. The second kappa shape index (κ2) is 12.9. The molecular weight excluding hydrogens is 541 g/mol. The molecule has 8 heteroatoms. The lowest BCUT2D eigenvalue weighted by atomic mass is 9.91. The highest BCUT2D eigenvalue weighted by Gasteiger charge is 2.38. The molecule has 1 aliphatic carbocycles. The highest BCUT2D eigenvalue weighted by molar-refractivity contribution is 7.93. The smallest absolute Gasteiger partial charge is 0.268 e. The average Bonchev–Trinajstić information content (AvgIpc) is 2.97. The van der Waals surface area contributed by atoms with Crippen LogP contribution in [-0.2, 0) is 25.4 Å². The normalized spacial score (nSPS) is 14.9. The Bertz CT molecular complexity index is 1440. The summed E-state index contributed by atoms with van der Waals surface area (Å²) in [6.45, 7) is 6.74. The summed E-state index contributed by atoms with van der Waals surface area (Å²) in [6, 6.07) is 20.3. The zero-order chi connectivity index (χ0) is 28.9.